The van der Waals surface area contributed by atoms with Gasteiger partial charge in [0.2, 0.25) is 0 Å². The number of benzene rings is 1. The normalized spacial score (nSPS) is 10.1. The van der Waals surface area contributed by atoms with E-state index in [0.717, 1.165) is 15.9 Å². The number of hydrogen-bond acceptors (Lipinski definition) is 2. The third-order valence-electron chi connectivity index (χ3n) is 2.10. The van der Waals surface area contributed by atoms with Gasteiger partial charge in [0.25, 0.3) is 0 Å². The molecule has 0 bridgehead atoms. The van der Waals surface area contributed by atoms with Gasteiger partial charge in [-0.05, 0) is 36.4 Å². The number of halogens is 2. The smallest absolute Gasteiger partial charge is 0.123 e. The second-order valence-electron chi connectivity index (χ2n) is 3.33. The van der Waals surface area contributed by atoms with E-state index in [0.29, 0.717) is 6.54 Å². The lowest BCUT2D eigenvalue weighted by atomic mass is 10.3. The fraction of sp³-hybridized carbons (Fsp3) is 0.0833. The Morgan fingerprint density at radius 3 is 2.62 bits per heavy atom. The molecule has 2 nitrogen and oxygen atoms in total. The first-order valence-corrected chi connectivity index (χ1v) is 5.63. The quantitative estimate of drug-likeness (QED) is 0.929. The van der Waals surface area contributed by atoms with Gasteiger partial charge in [-0.25, -0.2) is 4.39 Å². The van der Waals surface area contributed by atoms with Gasteiger partial charge in [0.15, 0.2) is 0 Å². The molecule has 1 aromatic carbocycles. The lowest BCUT2D eigenvalue weighted by molar-refractivity contribution is 0.628. The van der Waals surface area contributed by atoms with Gasteiger partial charge >= 0.3 is 0 Å². The summed E-state index contributed by atoms with van der Waals surface area (Å²) in [5.41, 5.74) is 1.81. The van der Waals surface area contributed by atoms with Crippen molar-refractivity contribution in [2.24, 2.45) is 0 Å². The molecule has 1 N–H and O–H groups in total. The minimum absolute atomic E-state index is 0.230. The van der Waals surface area contributed by atoms with Crippen LogP contribution in [0.2, 0.25) is 0 Å². The molecule has 0 saturated heterocycles. The number of nitrogens with one attached hydrogen (secondary N) is 1. The fourth-order valence-electron chi connectivity index (χ4n) is 1.31. The van der Waals surface area contributed by atoms with E-state index in [1.54, 1.807) is 18.3 Å². The minimum Gasteiger partial charge on any atom is -0.379 e. The summed E-state index contributed by atoms with van der Waals surface area (Å²) in [6, 6.07) is 10.1. The Morgan fingerprint density at radius 1 is 1.19 bits per heavy atom. The average Bonchev–Trinajstić information content (AvgIpc) is 2.28. The van der Waals surface area contributed by atoms with Gasteiger partial charge in [0.05, 0.1) is 12.2 Å². The molecule has 0 radical (unpaired) electrons. The molecule has 0 fully saturated rings. The van der Waals surface area contributed by atoms with Gasteiger partial charge in [0.1, 0.15) is 5.82 Å². The minimum atomic E-state index is -0.230. The summed E-state index contributed by atoms with van der Waals surface area (Å²) >= 11 is 3.38. The predicted molar refractivity (Wildman–Crippen MR) is 65.7 cm³/mol. The molecule has 0 saturated carbocycles. The van der Waals surface area contributed by atoms with E-state index < -0.39 is 0 Å². The van der Waals surface area contributed by atoms with E-state index in [2.05, 4.69) is 26.2 Å². The zero-order valence-corrected chi connectivity index (χ0v) is 10.0. The molecule has 1 aromatic heterocycles. The Morgan fingerprint density at radius 2 is 1.94 bits per heavy atom. The van der Waals surface area contributed by atoms with Crippen LogP contribution in [0.5, 0.6) is 0 Å². The second kappa shape index (κ2) is 5.07. The number of nitrogens with zero attached hydrogens (tertiary/aromatic N) is 1. The van der Waals surface area contributed by atoms with Crippen LogP contribution in [-0.4, -0.2) is 4.98 Å². The molecule has 2 aromatic rings. The van der Waals surface area contributed by atoms with Crippen LogP contribution in [0.25, 0.3) is 0 Å². The summed E-state index contributed by atoms with van der Waals surface area (Å²) in [5, 5.41) is 3.17. The molecule has 16 heavy (non-hydrogen) atoms. The van der Waals surface area contributed by atoms with E-state index in [9.17, 15) is 4.39 Å². The van der Waals surface area contributed by atoms with Crippen molar-refractivity contribution in [1.29, 1.82) is 0 Å². The highest BCUT2D eigenvalue weighted by atomic mass is 79.9. The van der Waals surface area contributed by atoms with Crippen molar-refractivity contribution in [3.8, 4) is 0 Å². The van der Waals surface area contributed by atoms with Crippen LogP contribution >= 0.6 is 15.9 Å². The first-order chi connectivity index (χ1) is 7.74. The maximum absolute atomic E-state index is 12.7. The molecule has 0 aliphatic rings. The zero-order valence-electron chi connectivity index (χ0n) is 8.45. The third kappa shape index (κ3) is 3.03. The van der Waals surface area contributed by atoms with Crippen LogP contribution in [0, 0.1) is 5.82 Å². The monoisotopic (exact) mass is 280 g/mol. The molecule has 0 amide bonds. The van der Waals surface area contributed by atoms with E-state index in [1.165, 1.54) is 12.1 Å². The molecule has 0 spiro atoms. The maximum atomic E-state index is 12.7. The number of pyridine rings is 1. The van der Waals surface area contributed by atoms with E-state index >= 15 is 0 Å². The highest BCUT2D eigenvalue weighted by molar-refractivity contribution is 9.10. The Hall–Kier alpha value is -1.42. The summed E-state index contributed by atoms with van der Waals surface area (Å²) in [6.07, 6.45) is 1.74. The number of anilines is 1. The van der Waals surface area contributed by atoms with Gasteiger partial charge < -0.3 is 5.32 Å². The second-order valence-corrected chi connectivity index (χ2v) is 4.24. The Labute approximate surface area is 102 Å². The van der Waals surface area contributed by atoms with Crippen LogP contribution in [0.1, 0.15) is 5.69 Å². The van der Waals surface area contributed by atoms with Crippen molar-refractivity contribution >= 4 is 21.6 Å². The van der Waals surface area contributed by atoms with Crippen molar-refractivity contribution in [3.63, 3.8) is 0 Å². The zero-order chi connectivity index (χ0) is 11.4. The highest BCUT2D eigenvalue weighted by Crippen LogP contribution is 2.12. The highest BCUT2D eigenvalue weighted by Gasteiger charge is 1.96. The summed E-state index contributed by atoms with van der Waals surface area (Å²) in [6.45, 7) is 0.616. The number of aromatic nitrogens is 1. The summed E-state index contributed by atoms with van der Waals surface area (Å²) in [5.74, 6) is -0.230. The number of rotatable bonds is 3. The van der Waals surface area contributed by atoms with Gasteiger partial charge in [-0.15, -0.1) is 0 Å². The SMILES string of the molecule is Fc1ccc(NCc2cc(Br)ccn2)cc1. The Balaban J connectivity index is 1.99. The molecular formula is C12H10BrFN2. The summed E-state index contributed by atoms with van der Waals surface area (Å²) < 4.78 is 13.7. The van der Waals surface area contributed by atoms with Crippen LogP contribution in [0.4, 0.5) is 10.1 Å². The molecule has 0 unspecified atom stereocenters. The molecule has 1 heterocycles. The van der Waals surface area contributed by atoms with Crippen molar-refractivity contribution in [3.05, 3.63) is 58.6 Å². The molecule has 0 atom stereocenters. The number of hydrogen-bond donors (Lipinski definition) is 1. The molecule has 2 rings (SSSR count). The van der Waals surface area contributed by atoms with Gasteiger partial charge in [-0.2, -0.15) is 0 Å². The van der Waals surface area contributed by atoms with Crippen LogP contribution < -0.4 is 5.32 Å². The predicted octanol–water partition coefficient (Wildman–Crippen LogP) is 3.60. The molecule has 4 heteroatoms. The van der Waals surface area contributed by atoms with E-state index in [1.807, 2.05) is 12.1 Å². The van der Waals surface area contributed by atoms with Gasteiger partial charge in [-0.1, -0.05) is 15.9 Å². The van der Waals surface area contributed by atoms with Gasteiger partial charge in [0, 0.05) is 16.4 Å². The first kappa shape index (κ1) is 11.1. The topological polar surface area (TPSA) is 24.9 Å². The first-order valence-electron chi connectivity index (χ1n) is 4.84. The molecule has 0 aliphatic heterocycles. The van der Waals surface area contributed by atoms with Crippen molar-refractivity contribution in [2.45, 2.75) is 6.54 Å². The Kier molecular flexibility index (Phi) is 3.51. The van der Waals surface area contributed by atoms with Crippen molar-refractivity contribution < 1.29 is 4.39 Å². The van der Waals surface area contributed by atoms with E-state index in [-0.39, 0.29) is 5.82 Å². The Bertz CT molecular complexity index is 471. The fourth-order valence-corrected chi connectivity index (χ4v) is 1.69. The van der Waals surface area contributed by atoms with Gasteiger partial charge in [-0.3, -0.25) is 4.98 Å². The maximum Gasteiger partial charge on any atom is 0.123 e. The summed E-state index contributed by atoms with van der Waals surface area (Å²) in [7, 11) is 0. The molecule has 82 valence electrons. The largest absolute Gasteiger partial charge is 0.379 e. The van der Waals surface area contributed by atoms with Crippen molar-refractivity contribution in [1.82, 2.24) is 4.98 Å². The molecular weight excluding hydrogens is 271 g/mol. The van der Waals surface area contributed by atoms with Crippen molar-refractivity contribution in [2.75, 3.05) is 5.32 Å². The summed E-state index contributed by atoms with van der Waals surface area (Å²) in [4.78, 5) is 4.21. The lowest BCUT2D eigenvalue weighted by Crippen LogP contribution is -2.01. The standard InChI is InChI=1S/C12H10BrFN2/c13-9-5-6-15-12(7-9)8-16-11-3-1-10(14)2-4-11/h1-7,16H,8H2. The van der Waals surface area contributed by atoms with Crippen LogP contribution in [0.15, 0.2) is 47.1 Å². The molecule has 0 aliphatic carbocycles. The average molecular weight is 281 g/mol. The lowest BCUT2D eigenvalue weighted by Gasteiger charge is -2.05. The van der Waals surface area contributed by atoms with Crippen LogP contribution in [0.3, 0.4) is 0 Å². The third-order valence-corrected chi connectivity index (χ3v) is 2.59. The van der Waals surface area contributed by atoms with Crippen LogP contribution in [-0.2, 0) is 6.54 Å². The van der Waals surface area contributed by atoms with E-state index in [4.69, 9.17) is 0 Å².